The third kappa shape index (κ3) is 3.69. The number of pyridine rings is 1. The molecule has 2 N–H and O–H groups in total. The average molecular weight is 361 g/mol. The molecule has 0 amide bonds. The molecule has 27 heavy (non-hydrogen) atoms. The number of fused-ring (bicyclic) bond motifs is 1. The highest BCUT2D eigenvalue weighted by Gasteiger charge is 2.15. The number of aromatic nitrogens is 2. The minimum atomic E-state index is 0.509. The Morgan fingerprint density at radius 2 is 1.85 bits per heavy atom. The first-order chi connectivity index (χ1) is 13.2. The molecule has 1 aliphatic heterocycles. The van der Waals surface area contributed by atoms with Crippen molar-refractivity contribution in [2.75, 3.05) is 13.1 Å². The zero-order valence-corrected chi connectivity index (χ0v) is 15.6. The number of benzene rings is 1. The number of nitrogens with zero attached hydrogens (tertiary/aromatic N) is 5. The predicted octanol–water partition coefficient (Wildman–Crippen LogP) is 2.57. The number of imidazole rings is 1. The minimum absolute atomic E-state index is 0.509. The van der Waals surface area contributed by atoms with Gasteiger partial charge >= 0.3 is 0 Å². The van der Waals surface area contributed by atoms with Crippen molar-refractivity contribution in [3.63, 3.8) is 0 Å². The lowest BCUT2D eigenvalue weighted by Gasteiger charge is -2.26. The van der Waals surface area contributed by atoms with Crippen LogP contribution in [0.3, 0.4) is 0 Å². The number of guanidine groups is 1. The monoisotopic (exact) mass is 361 g/mol. The predicted molar refractivity (Wildman–Crippen MR) is 109 cm³/mol. The molecule has 3 heterocycles. The van der Waals surface area contributed by atoms with Gasteiger partial charge in [-0.05, 0) is 43.0 Å². The van der Waals surface area contributed by atoms with Crippen LogP contribution in [-0.2, 0) is 7.05 Å². The van der Waals surface area contributed by atoms with Crippen LogP contribution in [0.15, 0.2) is 65.1 Å². The summed E-state index contributed by atoms with van der Waals surface area (Å²) in [5.41, 5.74) is 10.5. The molecule has 6 heteroatoms. The van der Waals surface area contributed by atoms with Crippen LogP contribution in [0.5, 0.6) is 0 Å². The Balaban J connectivity index is 1.49. The molecule has 0 unspecified atom stereocenters. The van der Waals surface area contributed by atoms with Crippen molar-refractivity contribution in [2.24, 2.45) is 23.0 Å². The topological polar surface area (TPSA) is 63.0 Å². The lowest BCUT2D eigenvalue weighted by molar-refractivity contribution is -0.510. The van der Waals surface area contributed by atoms with Crippen LogP contribution in [-0.4, -0.2) is 34.7 Å². The first kappa shape index (κ1) is 17.3. The van der Waals surface area contributed by atoms with E-state index in [4.69, 9.17) is 5.73 Å². The van der Waals surface area contributed by atoms with Crippen LogP contribution in [0, 0.1) is 0 Å². The Hall–Kier alpha value is -3.15. The Morgan fingerprint density at radius 1 is 1.07 bits per heavy atom. The molecular formula is C21H25N6+. The van der Waals surface area contributed by atoms with Crippen LogP contribution < -0.4 is 10.1 Å². The van der Waals surface area contributed by atoms with Gasteiger partial charge in [-0.15, -0.1) is 5.10 Å². The maximum absolute atomic E-state index is 6.02. The highest BCUT2D eigenvalue weighted by atomic mass is 15.3. The lowest BCUT2D eigenvalue weighted by atomic mass is 10.1. The number of hydrogen-bond acceptors (Lipinski definition) is 2. The number of piperidine rings is 1. The van der Waals surface area contributed by atoms with Gasteiger partial charge in [-0.3, -0.25) is 0 Å². The van der Waals surface area contributed by atoms with Crippen LogP contribution in [0.4, 0.5) is 0 Å². The van der Waals surface area contributed by atoms with Crippen molar-refractivity contribution in [1.29, 1.82) is 0 Å². The van der Waals surface area contributed by atoms with E-state index in [2.05, 4.69) is 67.8 Å². The number of aryl methyl sites for hydroxylation is 1. The fraction of sp³-hybridized carbons (Fsp3) is 0.286. The first-order valence-corrected chi connectivity index (χ1v) is 9.40. The summed E-state index contributed by atoms with van der Waals surface area (Å²) in [5.74, 6) is 0.509. The Labute approximate surface area is 159 Å². The third-order valence-electron chi connectivity index (χ3n) is 5.09. The third-order valence-corrected chi connectivity index (χ3v) is 5.09. The highest BCUT2D eigenvalue weighted by molar-refractivity contribution is 5.83. The summed E-state index contributed by atoms with van der Waals surface area (Å²) >= 11 is 0. The van der Waals surface area contributed by atoms with Gasteiger partial charge in [-0.1, -0.05) is 18.2 Å². The van der Waals surface area contributed by atoms with Gasteiger partial charge in [-0.25, -0.2) is 8.97 Å². The standard InChI is InChI=1S/C21H25N6/c1-25-19(16-27-14-6-3-7-20(25)27)18-10-8-17(9-11-18)15-23-24-21(22)26-12-4-2-5-13-26/h3,6-11,14-16H,2,4-5,12-13H2,1H3,(H2,22,24)/q+1/b23-15+. The molecule has 0 spiro atoms. The summed E-state index contributed by atoms with van der Waals surface area (Å²) in [5, 5.41) is 8.31. The van der Waals surface area contributed by atoms with Gasteiger partial charge in [0, 0.05) is 24.7 Å². The maximum Gasteiger partial charge on any atom is 0.286 e. The van der Waals surface area contributed by atoms with Gasteiger partial charge < -0.3 is 10.6 Å². The number of likely N-dealkylation sites (tertiary alicyclic amines) is 1. The molecule has 0 radical (unpaired) electrons. The molecule has 4 rings (SSSR count). The average Bonchev–Trinajstić information content (AvgIpc) is 3.06. The van der Waals surface area contributed by atoms with E-state index < -0.39 is 0 Å². The van der Waals surface area contributed by atoms with Gasteiger partial charge in [0.25, 0.3) is 5.65 Å². The Kier molecular flexibility index (Phi) is 4.87. The second-order valence-electron chi connectivity index (χ2n) is 6.91. The van der Waals surface area contributed by atoms with Gasteiger partial charge in [0.15, 0.2) is 5.69 Å². The number of rotatable bonds is 3. The van der Waals surface area contributed by atoms with Crippen molar-refractivity contribution in [2.45, 2.75) is 19.3 Å². The summed E-state index contributed by atoms with van der Waals surface area (Å²) in [4.78, 5) is 2.10. The summed E-state index contributed by atoms with van der Waals surface area (Å²) in [6.07, 6.45) is 9.57. The number of hydrogen-bond donors (Lipinski definition) is 1. The van der Waals surface area contributed by atoms with Gasteiger partial charge in [0.1, 0.15) is 6.20 Å². The van der Waals surface area contributed by atoms with E-state index in [-0.39, 0.29) is 0 Å². The summed E-state index contributed by atoms with van der Waals surface area (Å²) in [6, 6.07) is 14.5. The molecule has 0 aliphatic carbocycles. The fourth-order valence-corrected chi connectivity index (χ4v) is 3.53. The van der Waals surface area contributed by atoms with Crippen LogP contribution in [0.25, 0.3) is 16.9 Å². The zero-order valence-electron chi connectivity index (χ0n) is 15.6. The normalized spacial score (nSPS) is 15.7. The van der Waals surface area contributed by atoms with E-state index in [0.29, 0.717) is 5.96 Å². The van der Waals surface area contributed by atoms with E-state index in [0.717, 1.165) is 35.6 Å². The fourth-order valence-electron chi connectivity index (χ4n) is 3.53. The minimum Gasteiger partial charge on any atom is -0.368 e. The van der Waals surface area contributed by atoms with E-state index in [9.17, 15) is 0 Å². The molecule has 138 valence electrons. The van der Waals surface area contributed by atoms with Crippen molar-refractivity contribution in [3.8, 4) is 11.3 Å². The molecule has 0 bridgehead atoms. The van der Waals surface area contributed by atoms with E-state index >= 15 is 0 Å². The molecule has 3 aromatic rings. The van der Waals surface area contributed by atoms with Crippen molar-refractivity contribution >= 4 is 17.8 Å². The van der Waals surface area contributed by atoms with Crippen molar-refractivity contribution in [1.82, 2.24) is 9.47 Å². The summed E-state index contributed by atoms with van der Waals surface area (Å²) in [7, 11) is 2.08. The molecule has 0 saturated carbocycles. The van der Waals surface area contributed by atoms with Gasteiger partial charge in [0.2, 0.25) is 5.96 Å². The molecule has 0 atom stereocenters. The second kappa shape index (κ2) is 7.61. The van der Waals surface area contributed by atoms with E-state index in [1.54, 1.807) is 6.21 Å². The molecular weight excluding hydrogens is 336 g/mol. The smallest absolute Gasteiger partial charge is 0.286 e. The number of nitrogens with two attached hydrogens (primary N) is 1. The maximum atomic E-state index is 6.02. The molecule has 1 aliphatic rings. The largest absolute Gasteiger partial charge is 0.368 e. The Morgan fingerprint density at radius 3 is 2.59 bits per heavy atom. The van der Waals surface area contributed by atoms with E-state index in [1.165, 1.54) is 19.3 Å². The molecule has 1 aromatic carbocycles. The summed E-state index contributed by atoms with van der Waals surface area (Å²) in [6.45, 7) is 1.95. The second-order valence-corrected chi connectivity index (χ2v) is 6.91. The highest BCUT2D eigenvalue weighted by Crippen LogP contribution is 2.19. The molecule has 6 nitrogen and oxygen atoms in total. The van der Waals surface area contributed by atoms with Gasteiger partial charge in [0.05, 0.1) is 19.5 Å². The quantitative estimate of drug-likeness (QED) is 0.337. The SMILES string of the molecule is Cn1c(-c2ccc(/C=N/N=C(\N)N3CCCCC3)cc2)c[n+]2ccccc12. The van der Waals surface area contributed by atoms with Gasteiger partial charge in [-0.2, -0.15) is 5.10 Å². The first-order valence-electron chi connectivity index (χ1n) is 9.40. The Bertz CT molecular complexity index is 978. The van der Waals surface area contributed by atoms with Crippen molar-refractivity contribution < 1.29 is 4.40 Å². The molecule has 1 fully saturated rings. The van der Waals surface area contributed by atoms with E-state index in [1.807, 2.05) is 18.2 Å². The molecule has 1 saturated heterocycles. The van der Waals surface area contributed by atoms with Crippen LogP contribution >= 0.6 is 0 Å². The summed E-state index contributed by atoms with van der Waals surface area (Å²) < 4.78 is 4.31. The lowest BCUT2D eigenvalue weighted by Crippen LogP contribution is -2.40. The van der Waals surface area contributed by atoms with Crippen molar-refractivity contribution in [3.05, 3.63) is 60.4 Å². The zero-order chi connectivity index (χ0) is 18.6. The van der Waals surface area contributed by atoms with Crippen LogP contribution in [0.1, 0.15) is 24.8 Å². The molecule has 2 aromatic heterocycles. The van der Waals surface area contributed by atoms with Crippen LogP contribution in [0.2, 0.25) is 0 Å².